The van der Waals surface area contributed by atoms with E-state index in [1.54, 1.807) is 11.0 Å². The fourth-order valence-electron chi connectivity index (χ4n) is 2.92. The van der Waals surface area contributed by atoms with Gasteiger partial charge >= 0.3 is 0 Å². The van der Waals surface area contributed by atoms with Crippen LogP contribution in [0.15, 0.2) is 12.3 Å². The van der Waals surface area contributed by atoms with Crippen LogP contribution >= 0.6 is 0 Å². The molecule has 2 aromatic heterocycles. The summed E-state index contributed by atoms with van der Waals surface area (Å²) in [4.78, 5) is 30.1. The minimum Gasteiger partial charge on any atom is -0.369 e. The van der Waals surface area contributed by atoms with E-state index in [0.717, 1.165) is 23.9 Å². The summed E-state index contributed by atoms with van der Waals surface area (Å²) in [5.41, 5.74) is 7.37. The highest BCUT2D eigenvalue weighted by Gasteiger charge is 2.32. The van der Waals surface area contributed by atoms with E-state index in [-0.39, 0.29) is 23.8 Å². The second-order valence-electron chi connectivity index (χ2n) is 5.93. The minimum absolute atomic E-state index is 0.0873. The number of piperidine rings is 1. The van der Waals surface area contributed by atoms with E-state index in [2.05, 4.69) is 15.2 Å². The number of hydrogen-bond acceptors (Lipinski definition) is 4. The van der Waals surface area contributed by atoms with Gasteiger partial charge in [-0.15, -0.1) is 0 Å². The first-order chi connectivity index (χ1) is 10.5. The lowest BCUT2D eigenvalue weighted by atomic mass is 9.92. The lowest BCUT2D eigenvalue weighted by Crippen LogP contribution is -2.48. The van der Waals surface area contributed by atoms with Crippen molar-refractivity contribution in [1.82, 2.24) is 20.1 Å². The van der Waals surface area contributed by atoms with Gasteiger partial charge in [0.1, 0.15) is 0 Å². The molecule has 3 rings (SSSR count). The van der Waals surface area contributed by atoms with Crippen LogP contribution in [0, 0.1) is 12.8 Å². The molecule has 3 heterocycles. The molecule has 1 saturated heterocycles. The predicted octanol–water partition coefficient (Wildman–Crippen LogP) is 0.992. The zero-order valence-electron chi connectivity index (χ0n) is 12.7. The van der Waals surface area contributed by atoms with Crippen molar-refractivity contribution in [3.8, 4) is 0 Å². The van der Waals surface area contributed by atoms with Crippen LogP contribution in [0.3, 0.4) is 0 Å². The lowest BCUT2D eigenvalue weighted by Gasteiger charge is -2.36. The number of fused-ring (bicyclic) bond motifs is 1. The molecule has 0 bridgehead atoms. The number of aromatic amines is 1. The van der Waals surface area contributed by atoms with E-state index in [0.29, 0.717) is 17.8 Å². The molecule has 2 aromatic rings. The summed E-state index contributed by atoms with van der Waals surface area (Å²) in [6, 6.07) is 1.88. The van der Waals surface area contributed by atoms with Gasteiger partial charge < -0.3 is 10.6 Å². The van der Waals surface area contributed by atoms with E-state index in [9.17, 15) is 9.59 Å². The van der Waals surface area contributed by atoms with Crippen molar-refractivity contribution in [1.29, 1.82) is 0 Å². The molecular formula is C15H19N5O2. The first kappa shape index (κ1) is 14.5. The number of aryl methyl sites for hydroxylation is 1. The van der Waals surface area contributed by atoms with E-state index >= 15 is 0 Å². The number of rotatable bonds is 2. The van der Waals surface area contributed by atoms with Crippen molar-refractivity contribution in [2.45, 2.75) is 32.7 Å². The Bertz CT molecular complexity index is 739. The van der Waals surface area contributed by atoms with Crippen LogP contribution in [0.5, 0.6) is 0 Å². The van der Waals surface area contributed by atoms with Gasteiger partial charge in [-0.3, -0.25) is 14.7 Å². The quantitative estimate of drug-likeness (QED) is 0.863. The topological polar surface area (TPSA) is 105 Å². The fourth-order valence-corrected chi connectivity index (χ4v) is 2.92. The van der Waals surface area contributed by atoms with E-state index in [1.165, 1.54) is 6.20 Å². The highest BCUT2D eigenvalue weighted by atomic mass is 16.2. The third kappa shape index (κ3) is 2.43. The Morgan fingerprint density at radius 3 is 2.91 bits per heavy atom. The van der Waals surface area contributed by atoms with E-state index in [1.807, 2.05) is 13.8 Å². The van der Waals surface area contributed by atoms with Crippen LogP contribution in [0.25, 0.3) is 11.0 Å². The third-order valence-corrected chi connectivity index (χ3v) is 4.39. The molecule has 1 aliphatic heterocycles. The lowest BCUT2D eigenvalue weighted by molar-refractivity contribution is -0.123. The maximum atomic E-state index is 12.8. The maximum Gasteiger partial charge on any atom is 0.255 e. The summed E-state index contributed by atoms with van der Waals surface area (Å²) in [6.45, 7) is 4.25. The zero-order valence-corrected chi connectivity index (χ0v) is 12.7. The average Bonchev–Trinajstić information content (AvgIpc) is 2.88. The fraction of sp³-hybridized carbons (Fsp3) is 0.467. The first-order valence-electron chi connectivity index (χ1n) is 7.38. The largest absolute Gasteiger partial charge is 0.369 e. The number of likely N-dealkylation sites (tertiary alicyclic amines) is 1. The number of nitrogens with zero attached hydrogens (tertiary/aromatic N) is 3. The van der Waals surface area contributed by atoms with Gasteiger partial charge in [-0.05, 0) is 32.8 Å². The zero-order chi connectivity index (χ0) is 15.9. The molecule has 2 unspecified atom stereocenters. The predicted molar refractivity (Wildman–Crippen MR) is 81.0 cm³/mol. The van der Waals surface area contributed by atoms with Gasteiger partial charge in [-0.2, -0.15) is 5.10 Å². The van der Waals surface area contributed by atoms with Crippen LogP contribution in [-0.4, -0.2) is 44.5 Å². The van der Waals surface area contributed by atoms with Crippen molar-refractivity contribution >= 4 is 22.8 Å². The molecule has 7 nitrogen and oxygen atoms in total. The summed E-state index contributed by atoms with van der Waals surface area (Å²) in [5, 5.41) is 7.75. The molecule has 116 valence electrons. The van der Waals surface area contributed by atoms with Gasteiger partial charge in [0.2, 0.25) is 5.91 Å². The summed E-state index contributed by atoms with van der Waals surface area (Å²) in [7, 11) is 0. The number of hydrogen-bond donors (Lipinski definition) is 2. The standard InChI is InChI=1S/C15H19N5O2/c1-8-3-4-10(13(16)21)7-20(8)15(22)11-5-12-9(2)18-19-14(12)17-6-11/h5-6,8,10H,3-4,7H2,1-2H3,(H2,16,21)(H,17,18,19). The molecule has 0 saturated carbocycles. The molecule has 22 heavy (non-hydrogen) atoms. The molecule has 3 N–H and O–H groups in total. The first-order valence-corrected chi connectivity index (χ1v) is 7.38. The molecule has 2 amide bonds. The van der Waals surface area contributed by atoms with Crippen molar-refractivity contribution in [2.24, 2.45) is 11.7 Å². The third-order valence-electron chi connectivity index (χ3n) is 4.39. The second kappa shape index (κ2) is 5.40. The number of primary amides is 1. The maximum absolute atomic E-state index is 12.8. The molecule has 7 heteroatoms. The molecule has 1 aliphatic rings. The van der Waals surface area contributed by atoms with Crippen LogP contribution < -0.4 is 5.73 Å². The Morgan fingerprint density at radius 2 is 2.18 bits per heavy atom. The van der Waals surface area contributed by atoms with Gasteiger partial charge in [0.05, 0.1) is 11.5 Å². The summed E-state index contributed by atoms with van der Waals surface area (Å²) in [5.74, 6) is -0.732. The van der Waals surface area contributed by atoms with Crippen LogP contribution in [-0.2, 0) is 4.79 Å². The van der Waals surface area contributed by atoms with Gasteiger partial charge in [0.15, 0.2) is 5.65 Å². The molecule has 0 spiro atoms. The van der Waals surface area contributed by atoms with Crippen LogP contribution in [0.2, 0.25) is 0 Å². The Labute approximate surface area is 127 Å². The average molecular weight is 301 g/mol. The van der Waals surface area contributed by atoms with Gasteiger partial charge in [0, 0.05) is 29.9 Å². The van der Waals surface area contributed by atoms with Gasteiger partial charge in [-0.1, -0.05) is 0 Å². The van der Waals surface area contributed by atoms with Gasteiger partial charge in [0.25, 0.3) is 5.91 Å². The number of nitrogens with two attached hydrogens (primary N) is 1. The minimum atomic E-state index is -0.344. The summed E-state index contributed by atoms with van der Waals surface area (Å²) >= 11 is 0. The smallest absolute Gasteiger partial charge is 0.255 e. The van der Waals surface area contributed by atoms with Crippen LogP contribution in [0.1, 0.15) is 35.8 Å². The monoisotopic (exact) mass is 301 g/mol. The van der Waals surface area contributed by atoms with Crippen molar-refractivity contribution < 1.29 is 9.59 Å². The highest BCUT2D eigenvalue weighted by Crippen LogP contribution is 2.24. The number of carbonyl (C=O) groups excluding carboxylic acids is 2. The number of H-pyrrole nitrogens is 1. The summed E-state index contributed by atoms with van der Waals surface area (Å²) < 4.78 is 0. The molecule has 0 radical (unpaired) electrons. The number of amides is 2. The van der Waals surface area contributed by atoms with E-state index in [4.69, 9.17) is 5.73 Å². The molecule has 0 aliphatic carbocycles. The Hall–Kier alpha value is -2.44. The Balaban J connectivity index is 1.90. The number of pyridine rings is 1. The SMILES string of the molecule is Cc1[nH]nc2ncc(C(=O)N3CC(C(N)=O)CCC3C)cc12. The molecule has 1 fully saturated rings. The van der Waals surface area contributed by atoms with Crippen molar-refractivity contribution in [3.05, 3.63) is 23.5 Å². The molecule has 2 atom stereocenters. The van der Waals surface area contributed by atoms with Gasteiger partial charge in [-0.25, -0.2) is 4.98 Å². The summed E-state index contributed by atoms with van der Waals surface area (Å²) in [6.07, 6.45) is 3.05. The number of nitrogens with one attached hydrogen (secondary N) is 1. The Morgan fingerprint density at radius 1 is 1.41 bits per heavy atom. The normalized spacial score (nSPS) is 22.0. The van der Waals surface area contributed by atoms with Crippen LogP contribution in [0.4, 0.5) is 0 Å². The molecule has 0 aromatic carbocycles. The molecular weight excluding hydrogens is 282 g/mol. The number of carbonyl (C=O) groups is 2. The van der Waals surface area contributed by atoms with E-state index < -0.39 is 0 Å². The Kier molecular flexibility index (Phi) is 3.56. The van der Waals surface area contributed by atoms with Crippen molar-refractivity contribution in [2.75, 3.05) is 6.54 Å². The second-order valence-corrected chi connectivity index (χ2v) is 5.93. The highest BCUT2D eigenvalue weighted by molar-refractivity contribution is 5.97. The number of aromatic nitrogens is 3. The van der Waals surface area contributed by atoms with Crippen molar-refractivity contribution in [3.63, 3.8) is 0 Å².